The van der Waals surface area contributed by atoms with Gasteiger partial charge in [0.05, 0.1) is 19.1 Å². The lowest BCUT2D eigenvalue weighted by molar-refractivity contribution is -0.152. The number of esters is 1. The van der Waals surface area contributed by atoms with Crippen molar-refractivity contribution in [2.24, 2.45) is 0 Å². The summed E-state index contributed by atoms with van der Waals surface area (Å²) in [4.78, 5) is 24.3. The van der Waals surface area contributed by atoms with Gasteiger partial charge in [0.25, 0.3) is 5.91 Å². The van der Waals surface area contributed by atoms with Crippen molar-refractivity contribution in [3.63, 3.8) is 0 Å². The van der Waals surface area contributed by atoms with Crippen LogP contribution in [0.3, 0.4) is 0 Å². The number of nitrogens with zero attached hydrogens (tertiary/aromatic N) is 1. The van der Waals surface area contributed by atoms with Crippen LogP contribution in [0.15, 0.2) is 29.6 Å². The van der Waals surface area contributed by atoms with Crippen LogP contribution in [0.25, 0.3) is 0 Å². The second-order valence-electron chi connectivity index (χ2n) is 5.39. The van der Waals surface area contributed by atoms with Gasteiger partial charge in [-0.3, -0.25) is 9.59 Å². The number of rotatable bonds is 6. The van der Waals surface area contributed by atoms with Gasteiger partial charge in [-0.2, -0.15) is 5.26 Å². The smallest absolute Gasteiger partial charge is 0.311 e. The molecule has 0 fully saturated rings. The molecule has 0 saturated heterocycles. The van der Waals surface area contributed by atoms with Crippen molar-refractivity contribution in [2.75, 3.05) is 12.4 Å². The first-order valence-electron chi connectivity index (χ1n) is 7.56. The molecule has 0 aliphatic carbocycles. The molecular formula is C18H18N2O4S. The van der Waals surface area contributed by atoms with Crippen LogP contribution >= 0.6 is 11.3 Å². The number of amides is 1. The molecule has 130 valence electrons. The SMILES string of the molecule is COc1ccc(C)cc1CC(=O)O[C@H](C)C(=O)Nc1sccc1C#N. The highest BCUT2D eigenvalue weighted by Crippen LogP contribution is 2.23. The van der Waals surface area contributed by atoms with Crippen molar-refractivity contribution in [1.29, 1.82) is 5.26 Å². The van der Waals surface area contributed by atoms with Gasteiger partial charge in [0.2, 0.25) is 0 Å². The van der Waals surface area contributed by atoms with Gasteiger partial charge in [0, 0.05) is 5.56 Å². The zero-order valence-electron chi connectivity index (χ0n) is 14.2. The highest BCUT2D eigenvalue weighted by Gasteiger charge is 2.20. The van der Waals surface area contributed by atoms with Gasteiger partial charge in [0.1, 0.15) is 16.8 Å². The van der Waals surface area contributed by atoms with E-state index in [0.29, 0.717) is 21.9 Å². The van der Waals surface area contributed by atoms with Crippen molar-refractivity contribution in [3.8, 4) is 11.8 Å². The van der Waals surface area contributed by atoms with Crippen molar-refractivity contribution < 1.29 is 19.1 Å². The molecule has 1 amide bonds. The minimum atomic E-state index is -0.975. The third-order valence-electron chi connectivity index (χ3n) is 3.47. The summed E-state index contributed by atoms with van der Waals surface area (Å²) in [5, 5.41) is 13.7. The molecule has 0 aliphatic rings. The Balaban J connectivity index is 1.97. The summed E-state index contributed by atoms with van der Waals surface area (Å²) < 4.78 is 10.4. The van der Waals surface area contributed by atoms with Crippen LogP contribution in [0.4, 0.5) is 5.00 Å². The number of carbonyl (C=O) groups is 2. The number of thiophene rings is 1. The first-order valence-corrected chi connectivity index (χ1v) is 8.44. The number of methoxy groups -OCH3 is 1. The minimum Gasteiger partial charge on any atom is -0.496 e. The van der Waals surface area contributed by atoms with E-state index in [4.69, 9.17) is 14.7 Å². The van der Waals surface area contributed by atoms with E-state index in [1.807, 2.05) is 25.1 Å². The Morgan fingerprint density at radius 1 is 1.36 bits per heavy atom. The average molecular weight is 358 g/mol. The standard InChI is InChI=1S/C18H18N2O4S/c1-11-4-5-15(23-3)14(8-11)9-16(21)24-12(2)17(22)20-18-13(10-19)6-7-25-18/h4-8,12H,9H2,1-3H3,(H,20,22)/t12-/m1/s1. The summed E-state index contributed by atoms with van der Waals surface area (Å²) >= 11 is 1.24. The summed E-state index contributed by atoms with van der Waals surface area (Å²) in [6.45, 7) is 3.40. The predicted octanol–water partition coefficient (Wildman–Crippen LogP) is 3.05. The van der Waals surface area contributed by atoms with E-state index in [1.165, 1.54) is 25.4 Å². The van der Waals surface area contributed by atoms with Crippen LogP contribution in [0, 0.1) is 18.3 Å². The van der Waals surface area contributed by atoms with E-state index in [9.17, 15) is 9.59 Å². The Morgan fingerprint density at radius 3 is 2.80 bits per heavy atom. The van der Waals surface area contributed by atoms with Crippen LogP contribution in [0.2, 0.25) is 0 Å². The lowest BCUT2D eigenvalue weighted by atomic mass is 10.1. The Hall–Kier alpha value is -2.85. The fraction of sp³-hybridized carbons (Fsp3) is 0.278. The molecule has 0 aliphatic heterocycles. The predicted molar refractivity (Wildman–Crippen MR) is 94.7 cm³/mol. The molecule has 0 radical (unpaired) electrons. The highest BCUT2D eigenvalue weighted by molar-refractivity contribution is 7.14. The number of aryl methyl sites for hydroxylation is 1. The summed E-state index contributed by atoms with van der Waals surface area (Å²) in [7, 11) is 1.53. The monoisotopic (exact) mass is 358 g/mol. The lowest BCUT2D eigenvalue weighted by Crippen LogP contribution is -2.30. The molecule has 1 N–H and O–H groups in total. The molecule has 0 saturated carbocycles. The largest absolute Gasteiger partial charge is 0.496 e. The van der Waals surface area contributed by atoms with E-state index >= 15 is 0 Å². The van der Waals surface area contributed by atoms with Gasteiger partial charge in [-0.05, 0) is 31.4 Å². The molecule has 0 spiro atoms. The number of benzene rings is 1. The molecule has 25 heavy (non-hydrogen) atoms. The maximum atomic E-state index is 12.1. The quantitative estimate of drug-likeness (QED) is 0.802. The normalized spacial score (nSPS) is 11.3. The zero-order chi connectivity index (χ0) is 18.4. The Bertz CT molecular complexity index is 823. The van der Waals surface area contributed by atoms with Gasteiger partial charge in [-0.25, -0.2) is 0 Å². The second-order valence-corrected chi connectivity index (χ2v) is 6.30. The first-order chi connectivity index (χ1) is 11.9. The van der Waals surface area contributed by atoms with Crippen molar-refractivity contribution >= 4 is 28.2 Å². The van der Waals surface area contributed by atoms with Crippen LogP contribution in [0.5, 0.6) is 5.75 Å². The summed E-state index contributed by atoms with van der Waals surface area (Å²) in [5.41, 5.74) is 2.07. The van der Waals surface area contributed by atoms with Crippen molar-refractivity contribution in [1.82, 2.24) is 0 Å². The molecule has 6 nitrogen and oxygen atoms in total. The summed E-state index contributed by atoms with van der Waals surface area (Å²) in [6.07, 6.45) is -0.970. The van der Waals surface area contributed by atoms with Crippen LogP contribution in [-0.4, -0.2) is 25.1 Å². The van der Waals surface area contributed by atoms with Gasteiger partial charge < -0.3 is 14.8 Å². The number of ether oxygens (including phenoxy) is 2. The fourth-order valence-electron chi connectivity index (χ4n) is 2.20. The molecule has 0 bridgehead atoms. The zero-order valence-corrected chi connectivity index (χ0v) is 15.0. The van der Waals surface area contributed by atoms with E-state index in [-0.39, 0.29) is 6.42 Å². The molecule has 1 atom stereocenters. The second kappa shape index (κ2) is 8.31. The van der Waals surface area contributed by atoms with E-state index in [0.717, 1.165) is 5.56 Å². The maximum absolute atomic E-state index is 12.1. The number of anilines is 1. The Kier molecular flexibility index (Phi) is 6.14. The molecule has 1 aromatic carbocycles. The topological polar surface area (TPSA) is 88.4 Å². The molecule has 1 aromatic heterocycles. The molecule has 2 rings (SSSR count). The van der Waals surface area contributed by atoms with E-state index in [2.05, 4.69) is 5.32 Å². The highest BCUT2D eigenvalue weighted by atomic mass is 32.1. The number of nitriles is 1. The van der Waals surface area contributed by atoms with Crippen LogP contribution in [-0.2, 0) is 20.7 Å². The van der Waals surface area contributed by atoms with Gasteiger partial charge in [-0.1, -0.05) is 17.7 Å². The first kappa shape index (κ1) is 18.5. The third kappa shape index (κ3) is 4.81. The van der Waals surface area contributed by atoms with Gasteiger partial charge in [-0.15, -0.1) is 11.3 Å². The molecule has 1 heterocycles. The lowest BCUT2D eigenvalue weighted by Gasteiger charge is -2.14. The molecular weight excluding hydrogens is 340 g/mol. The third-order valence-corrected chi connectivity index (χ3v) is 4.30. The molecule has 2 aromatic rings. The Labute approximate surface area is 150 Å². The van der Waals surface area contributed by atoms with Crippen LogP contribution < -0.4 is 10.1 Å². The van der Waals surface area contributed by atoms with Gasteiger partial charge in [0.15, 0.2) is 6.10 Å². The minimum absolute atomic E-state index is 0.00488. The summed E-state index contributed by atoms with van der Waals surface area (Å²) in [6, 6.07) is 9.11. The number of carbonyl (C=O) groups excluding carboxylic acids is 2. The van der Waals surface area contributed by atoms with Crippen LogP contribution in [0.1, 0.15) is 23.6 Å². The maximum Gasteiger partial charge on any atom is 0.311 e. The number of hydrogen-bond donors (Lipinski definition) is 1. The van der Waals surface area contributed by atoms with Crippen molar-refractivity contribution in [3.05, 3.63) is 46.3 Å². The van der Waals surface area contributed by atoms with Crippen molar-refractivity contribution in [2.45, 2.75) is 26.4 Å². The average Bonchev–Trinajstić information content (AvgIpc) is 3.02. The van der Waals surface area contributed by atoms with Gasteiger partial charge >= 0.3 is 5.97 Å². The molecule has 7 heteroatoms. The van der Waals surface area contributed by atoms with E-state index < -0.39 is 18.0 Å². The fourth-order valence-corrected chi connectivity index (χ4v) is 2.94. The number of hydrogen-bond acceptors (Lipinski definition) is 6. The number of nitrogens with one attached hydrogen (secondary N) is 1. The summed E-state index contributed by atoms with van der Waals surface area (Å²) in [5.74, 6) is -0.418. The molecule has 0 unspecified atom stereocenters. The Morgan fingerprint density at radius 2 is 2.12 bits per heavy atom. The van der Waals surface area contributed by atoms with E-state index in [1.54, 1.807) is 17.5 Å².